The van der Waals surface area contributed by atoms with Gasteiger partial charge in [-0.15, -0.1) is 12.4 Å². The summed E-state index contributed by atoms with van der Waals surface area (Å²) in [6, 6.07) is 7.35. The molecule has 1 saturated heterocycles. The second-order valence-corrected chi connectivity index (χ2v) is 7.38. The maximum Gasteiger partial charge on any atom is 0.252 e. The van der Waals surface area contributed by atoms with Crippen LogP contribution in [0.1, 0.15) is 49.0 Å². The minimum absolute atomic E-state index is 0. The van der Waals surface area contributed by atoms with Crippen LogP contribution in [-0.2, 0) is 4.79 Å². The zero-order chi connectivity index (χ0) is 18.4. The van der Waals surface area contributed by atoms with Crippen LogP contribution in [0.15, 0.2) is 24.3 Å². The minimum Gasteiger partial charge on any atom is -0.340 e. The summed E-state index contributed by atoms with van der Waals surface area (Å²) in [7, 11) is 1.93. The normalized spacial score (nSPS) is 18.2. The number of halogens is 1. The van der Waals surface area contributed by atoms with Gasteiger partial charge in [0.05, 0.1) is 0 Å². The Kier molecular flexibility index (Phi) is 9.09. The Morgan fingerprint density at radius 1 is 1.27 bits per heavy atom. The lowest BCUT2D eigenvalue weighted by molar-refractivity contribution is -0.135. The number of aryl methyl sites for hydroxylation is 1. The molecule has 1 aromatic rings. The number of benzene rings is 1. The van der Waals surface area contributed by atoms with Crippen molar-refractivity contribution in [3.05, 3.63) is 35.4 Å². The van der Waals surface area contributed by atoms with Gasteiger partial charge in [0.1, 0.15) is 6.04 Å². The summed E-state index contributed by atoms with van der Waals surface area (Å²) in [5, 5.41) is 6.25. The Labute approximate surface area is 163 Å². The van der Waals surface area contributed by atoms with Crippen molar-refractivity contribution in [2.75, 3.05) is 20.1 Å². The summed E-state index contributed by atoms with van der Waals surface area (Å²) >= 11 is 0. The third-order valence-corrected chi connectivity index (χ3v) is 4.84. The van der Waals surface area contributed by atoms with E-state index in [1.54, 1.807) is 6.07 Å². The molecule has 2 unspecified atom stereocenters. The van der Waals surface area contributed by atoms with Crippen LogP contribution in [0.4, 0.5) is 0 Å². The number of carbonyl (C=O) groups is 2. The number of carbonyl (C=O) groups excluding carboxylic acids is 2. The van der Waals surface area contributed by atoms with Crippen molar-refractivity contribution in [2.24, 2.45) is 5.92 Å². The third kappa shape index (κ3) is 5.99. The molecule has 1 aromatic carbocycles. The number of rotatable bonds is 6. The molecule has 6 heteroatoms. The van der Waals surface area contributed by atoms with E-state index in [9.17, 15) is 9.59 Å². The van der Waals surface area contributed by atoms with Gasteiger partial charge >= 0.3 is 0 Å². The van der Waals surface area contributed by atoms with Gasteiger partial charge in [0, 0.05) is 24.7 Å². The largest absolute Gasteiger partial charge is 0.340 e. The Morgan fingerprint density at radius 2 is 1.96 bits per heavy atom. The van der Waals surface area contributed by atoms with Crippen LogP contribution < -0.4 is 10.6 Å². The van der Waals surface area contributed by atoms with Gasteiger partial charge in [-0.05, 0) is 50.8 Å². The molecule has 0 spiro atoms. The van der Waals surface area contributed by atoms with E-state index in [1.807, 2.05) is 37.1 Å². The fourth-order valence-electron chi connectivity index (χ4n) is 3.39. The predicted molar refractivity (Wildman–Crippen MR) is 108 cm³/mol. The summed E-state index contributed by atoms with van der Waals surface area (Å²) in [6.45, 7) is 7.55. The number of amides is 2. The van der Waals surface area contributed by atoms with Gasteiger partial charge in [0.25, 0.3) is 5.91 Å². The Morgan fingerprint density at radius 3 is 2.58 bits per heavy atom. The molecular formula is C20H32ClN3O2. The fraction of sp³-hybridized carbons (Fsp3) is 0.600. The molecule has 1 heterocycles. The van der Waals surface area contributed by atoms with E-state index in [1.165, 1.54) is 0 Å². The number of nitrogens with zero attached hydrogens (tertiary/aromatic N) is 1. The van der Waals surface area contributed by atoms with Crippen molar-refractivity contribution in [3.63, 3.8) is 0 Å². The SMILES string of the molecule is CNC1CCCN(C(=O)C(CC(C)C)NC(=O)c2ccccc2C)C1.Cl. The molecule has 0 saturated carbocycles. The van der Waals surface area contributed by atoms with Gasteiger partial charge in [-0.3, -0.25) is 9.59 Å². The summed E-state index contributed by atoms with van der Waals surface area (Å²) in [5.74, 6) is 0.200. The van der Waals surface area contributed by atoms with Crippen molar-refractivity contribution in [2.45, 2.75) is 52.1 Å². The van der Waals surface area contributed by atoms with Gasteiger partial charge in [-0.2, -0.15) is 0 Å². The minimum atomic E-state index is -0.470. The number of piperidine rings is 1. The first kappa shape index (κ1) is 22.5. The van der Waals surface area contributed by atoms with Crippen LogP contribution in [0, 0.1) is 12.8 Å². The molecule has 146 valence electrons. The van der Waals surface area contributed by atoms with E-state index < -0.39 is 6.04 Å². The van der Waals surface area contributed by atoms with E-state index in [4.69, 9.17) is 0 Å². The van der Waals surface area contributed by atoms with Crippen LogP contribution in [-0.4, -0.2) is 48.9 Å². The van der Waals surface area contributed by atoms with Crippen molar-refractivity contribution in [1.29, 1.82) is 0 Å². The summed E-state index contributed by atoms with van der Waals surface area (Å²) < 4.78 is 0. The number of nitrogens with one attached hydrogen (secondary N) is 2. The molecule has 2 rings (SSSR count). The first-order valence-electron chi connectivity index (χ1n) is 9.25. The van der Waals surface area contributed by atoms with Crippen molar-refractivity contribution >= 4 is 24.2 Å². The zero-order valence-corrected chi connectivity index (χ0v) is 17.1. The molecule has 0 aliphatic carbocycles. The van der Waals surface area contributed by atoms with E-state index in [-0.39, 0.29) is 24.2 Å². The first-order chi connectivity index (χ1) is 11.9. The van der Waals surface area contributed by atoms with Crippen molar-refractivity contribution in [1.82, 2.24) is 15.5 Å². The second kappa shape index (κ2) is 10.5. The van der Waals surface area contributed by atoms with E-state index in [0.717, 1.165) is 24.9 Å². The van der Waals surface area contributed by atoms with Gasteiger partial charge < -0.3 is 15.5 Å². The van der Waals surface area contributed by atoms with Crippen LogP contribution in [0.25, 0.3) is 0 Å². The number of hydrogen-bond donors (Lipinski definition) is 2. The van der Waals surface area contributed by atoms with Crippen LogP contribution >= 0.6 is 12.4 Å². The highest BCUT2D eigenvalue weighted by Crippen LogP contribution is 2.15. The van der Waals surface area contributed by atoms with Crippen LogP contribution in [0.3, 0.4) is 0 Å². The lowest BCUT2D eigenvalue weighted by Crippen LogP contribution is -2.54. The first-order valence-corrected chi connectivity index (χ1v) is 9.25. The van der Waals surface area contributed by atoms with Gasteiger partial charge in [-0.25, -0.2) is 0 Å². The lowest BCUT2D eigenvalue weighted by atomic mass is 9.99. The van der Waals surface area contributed by atoms with E-state index in [2.05, 4.69) is 24.5 Å². The Bertz CT molecular complexity index is 606. The fourth-order valence-corrected chi connectivity index (χ4v) is 3.39. The molecule has 1 fully saturated rings. The quantitative estimate of drug-likeness (QED) is 0.796. The molecule has 2 atom stereocenters. The summed E-state index contributed by atoms with van der Waals surface area (Å²) in [4.78, 5) is 27.6. The standard InChI is InChI=1S/C20H31N3O2.ClH/c1-14(2)12-18(20(25)23-11-7-9-16(13-23)21-4)22-19(24)17-10-6-5-8-15(17)3;/h5-6,8,10,14,16,18,21H,7,9,11-13H2,1-4H3,(H,22,24);1H. The van der Waals surface area contributed by atoms with Gasteiger partial charge in [0.2, 0.25) is 5.91 Å². The molecule has 2 amide bonds. The zero-order valence-electron chi connectivity index (χ0n) is 16.2. The highest BCUT2D eigenvalue weighted by Gasteiger charge is 2.30. The molecule has 5 nitrogen and oxygen atoms in total. The lowest BCUT2D eigenvalue weighted by Gasteiger charge is -2.35. The molecule has 1 aliphatic rings. The number of likely N-dealkylation sites (N-methyl/N-ethyl adjacent to an activating group) is 1. The third-order valence-electron chi connectivity index (χ3n) is 4.84. The van der Waals surface area contributed by atoms with E-state index in [0.29, 0.717) is 30.5 Å². The second-order valence-electron chi connectivity index (χ2n) is 7.38. The Balaban J connectivity index is 0.00000338. The predicted octanol–water partition coefficient (Wildman–Crippen LogP) is 2.77. The van der Waals surface area contributed by atoms with Crippen LogP contribution in [0.5, 0.6) is 0 Å². The molecule has 26 heavy (non-hydrogen) atoms. The average molecular weight is 382 g/mol. The molecular weight excluding hydrogens is 350 g/mol. The van der Waals surface area contributed by atoms with Crippen molar-refractivity contribution < 1.29 is 9.59 Å². The molecule has 2 N–H and O–H groups in total. The molecule has 0 aromatic heterocycles. The number of likely N-dealkylation sites (tertiary alicyclic amines) is 1. The van der Waals surface area contributed by atoms with Crippen molar-refractivity contribution in [3.8, 4) is 0 Å². The average Bonchev–Trinajstić information content (AvgIpc) is 2.60. The van der Waals surface area contributed by atoms with E-state index >= 15 is 0 Å². The summed E-state index contributed by atoms with van der Waals surface area (Å²) in [5.41, 5.74) is 1.56. The van der Waals surface area contributed by atoms with Gasteiger partial charge in [-0.1, -0.05) is 32.0 Å². The Hall–Kier alpha value is -1.59. The van der Waals surface area contributed by atoms with Gasteiger partial charge in [0.15, 0.2) is 0 Å². The summed E-state index contributed by atoms with van der Waals surface area (Å²) in [6.07, 6.45) is 2.74. The van der Waals surface area contributed by atoms with Crippen LogP contribution in [0.2, 0.25) is 0 Å². The molecule has 1 aliphatic heterocycles. The monoisotopic (exact) mass is 381 g/mol. The highest BCUT2D eigenvalue weighted by atomic mass is 35.5. The topological polar surface area (TPSA) is 61.4 Å². The molecule has 0 bridgehead atoms. The smallest absolute Gasteiger partial charge is 0.252 e. The maximum absolute atomic E-state index is 13.0. The highest BCUT2D eigenvalue weighted by molar-refractivity contribution is 5.98. The maximum atomic E-state index is 13.0. The number of hydrogen-bond acceptors (Lipinski definition) is 3. The molecule has 0 radical (unpaired) electrons.